The maximum Gasteiger partial charge on any atom is 0.251 e. The standard InChI is InChI=1S/C18H27N3O2.ClH/c1-14-2-5-16(6-3-14)18(23)21-13-12-20-17(22)7-4-15-8-10-19-11-9-15;/h2-3,5-6,15,19H,4,7-13H2,1H3,(H,20,22)(H,21,23);1H. The van der Waals surface area contributed by atoms with Gasteiger partial charge in [0.2, 0.25) is 5.91 Å². The van der Waals surface area contributed by atoms with Crippen molar-refractivity contribution in [3.8, 4) is 0 Å². The normalized spacial score (nSPS) is 14.5. The maximum absolute atomic E-state index is 11.9. The van der Waals surface area contributed by atoms with Crippen LogP contribution in [0.1, 0.15) is 41.6 Å². The zero-order chi connectivity index (χ0) is 16.5. The lowest BCUT2D eigenvalue weighted by Crippen LogP contribution is -2.35. The molecule has 134 valence electrons. The molecule has 3 N–H and O–H groups in total. The fourth-order valence-electron chi connectivity index (χ4n) is 2.78. The second-order valence-electron chi connectivity index (χ2n) is 6.20. The monoisotopic (exact) mass is 353 g/mol. The molecule has 0 saturated carbocycles. The van der Waals surface area contributed by atoms with Crippen LogP contribution in [0.4, 0.5) is 0 Å². The van der Waals surface area contributed by atoms with E-state index in [1.807, 2.05) is 31.2 Å². The molecule has 1 aliphatic heterocycles. The number of hydrogen-bond acceptors (Lipinski definition) is 3. The van der Waals surface area contributed by atoms with Gasteiger partial charge in [-0.15, -0.1) is 12.4 Å². The minimum Gasteiger partial charge on any atom is -0.354 e. The van der Waals surface area contributed by atoms with Crippen molar-refractivity contribution in [2.45, 2.75) is 32.6 Å². The number of aryl methyl sites for hydroxylation is 1. The van der Waals surface area contributed by atoms with Crippen molar-refractivity contribution in [3.05, 3.63) is 35.4 Å². The van der Waals surface area contributed by atoms with Crippen LogP contribution in [0.3, 0.4) is 0 Å². The molecule has 2 amide bonds. The quantitative estimate of drug-likeness (QED) is 0.657. The molecule has 2 rings (SSSR count). The number of amides is 2. The van der Waals surface area contributed by atoms with Gasteiger partial charge in [0.25, 0.3) is 5.91 Å². The minimum atomic E-state index is -0.103. The maximum atomic E-state index is 11.9. The lowest BCUT2D eigenvalue weighted by atomic mass is 9.93. The average molecular weight is 354 g/mol. The molecule has 0 aliphatic carbocycles. The van der Waals surface area contributed by atoms with Gasteiger partial charge >= 0.3 is 0 Å². The number of halogens is 1. The Bertz CT molecular complexity index is 514. The summed E-state index contributed by atoms with van der Waals surface area (Å²) in [7, 11) is 0. The lowest BCUT2D eigenvalue weighted by molar-refractivity contribution is -0.121. The summed E-state index contributed by atoms with van der Waals surface area (Å²) in [6, 6.07) is 7.44. The lowest BCUT2D eigenvalue weighted by Gasteiger charge is -2.22. The molecule has 1 aromatic carbocycles. The van der Waals surface area contributed by atoms with Crippen LogP contribution in [0, 0.1) is 12.8 Å². The minimum absolute atomic E-state index is 0. The molecule has 1 heterocycles. The van der Waals surface area contributed by atoms with E-state index in [0.717, 1.165) is 25.1 Å². The second kappa shape index (κ2) is 11.0. The molecule has 0 aromatic heterocycles. The van der Waals surface area contributed by atoms with Crippen molar-refractivity contribution in [1.29, 1.82) is 0 Å². The predicted octanol–water partition coefficient (Wildman–Crippen LogP) is 2.04. The van der Waals surface area contributed by atoms with Crippen molar-refractivity contribution in [3.63, 3.8) is 0 Å². The number of piperidine rings is 1. The predicted molar refractivity (Wildman–Crippen MR) is 98.6 cm³/mol. The summed E-state index contributed by atoms with van der Waals surface area (Å²) in [5.74, 6) is 0.644. The van der Waals surface area contributed by atoms with Gasteiger partial charge in [-0.1, -0.05) is 17.7 Å². The number of carbonyl (C=O) groups excluding carboxylic acids is 2. The van der Waals surface area contributed by atoms with Crippen LogP contribution in [-0.2, 0) is 4.79 Å². The molecule has 1 saturated heterocycles. The van der Waals surface area contributed by atoms with Crippen LogP contribution in [-0.4, -0.2) is 38.0 Å². The van der Waals surface area contributed by atoms with Gasteiger partial charge in [0.15, 0.2) is 0 Å². The van der Waals surface area contributed by atoms with Crippen LogP contribution < -0.4 is 16.0 Å². The first-order valence-corrected chi connectivity index (χ1v) is 8.47. The van der Waals surface area contributed by atoms with E-state index in [4.69, 9.17) is 0 Å². The number of carbonyl (C=O) groups is 2. The zero-order valence-corrected chi connectivity index (χ0v) is 15.1. The molecule has 0 unspecified atom stereocenters. The first-order chi connectivity index (χ1) is 11.1. The second-order valence-corrected chi connectivity index (χ2v) is 6.20. The molecule has 0 spiro atoms. The third kappa shape index (κ3) is 7.32. The highest BCUT2D eigenvalue weighted by molar-refractivity contribution is 5.94. The summed E-state index contributed by atoms with van der Waals surface area (Å²) in [6.45, 7) is 5.05. The number of benzene rings is 1. The molecule has 1 aliphatic rings. The van der Waals surface area contributed by atoms with Gasteiger partial charge in [-0.2, -0.15) is 0 Å². The summed E-state index contributed by atoms with van der Waals surface area (Å²) in [5.41, 5.74) is 1.77. The van der Waals surface area contributed by atoms with Crippen LogP contribution >= 0.6 is 12.4 Å². The van der Waals surface area contributed by atoms with Crippen LogP contribution in [0.15, 0.2) is 24.3 Å². The third-order valence-corrected chi connectivity index (χ3v) is 4.28. The molecule has 0 atom stereocenters. The van der Waals surface area contributed by atoms with Gasteiger partial charge in [-0.05, 0) is 57.3 Å². The average Bonchev–Trinajstić information content (AvgIpc) is 2.58. The van der Waals surface area contributed by atoms with Gasteiger partial charge in [-0.3, -0.25) is 9.59 Å². The molecular weight excluding hydrogens is 326 g/mol. The molecule has 1 aromatic rings. The molecule has 6 heteroatoms. The highest BCUT2D eigenvalue weighted by Crippen LogP contribution is 2.17. The van der Waals surface area contributed by atoms with E-state index in [-0.39, 0.29) is 24.2 Å². The van der Waals surface area contributed by atoms with Gasteiger partial charge in [0.05, 0.1) is 0 Å². The topological polar surface area (TPSA) is 70.2 Å². The Morgan fingerprint density at radius 3 is 2.38 bits per heavy atom. The van der Waals surface area contributed by atoms with E-state index < -0.39 is 0 Å². The molecule has 1 fully saturated rings. The first-order valence-electron chi connectivity index (χ1n) is 8.47. The van der Waals surface area contributed by atoms with E-state index in [9.17, 15) is 9.59 Å². The smallest absolute Gasteiger partial charge is 0.251 e. The van der Waals surface area contributed by atoms with Crippen molar-refractivity contribution in [2.24, 2.45) is 5.92 Å². The summed E-state index contributed by atoms with van der Waals surface area (Å²) >= 11 is 0. The number of rotatable bonds is 7. The Kier molecular flexibility index (Phi) is 9.42. The number of hydrogen-bond donors (Lipinski definition) is 3. The third-order valence-electron chi connectivity index (χ3n) is 4.28. The Morgan fingerprint density at radius 1 is 1.08 bits per heavy atom. The fraction of sp³-hybridized carbons (Fsp3) is 0.556. The van der Waals surface area contributed by atoms with Gasteiger partial charge in [-0.25, -0.2) is 0 Å². The highest BCUT2D eigenvalue weighted by Gasteiger charge is 2.14. The van der Waals surface area contributed by atoms with Crippen LogP contribution in [0.25, 0.3) is 0 Å². The van der Waals surface area contributed by atoms with Gasteiger partial charge < -0.3 is 16.0 Å². The van der Waals surface area contributed by atoms with Crippen molar-refractivity contribution in [1.82, 2.24) is 16.0 Å². The Hall–Kier alpha value is -1.59. The van der Waals surface area contributed by atoms with E-state index in [0.29, 0.717) is 31.0 Å². The molecule has 24 heavy (non-hydrogen) atoms. The van der Waals surface area contributed by atoms with E-state index >= 15 is 0 Å². The van der Waals surface area contributed by atoms with Crippen LogP contribution in [0.2, 0.25) is 0 Å². The van der Waals surface area contributed by atoms with Gasteiger partial charge in [0.1, 0.15) is 0 Å². The first kappa shape index (κ1) is 20.5. The highest BCUT2D eigenvalue weighted by atomic mass is 35.5. The fourth-order valence-corrected chi connectivity index (χ4v) is 2.78. The van der Waals surface area contributed by atoms with Crippen molar-refractivity contribution >= 4 is 24.2 Å². The van der Waals surface area contributed by atoms with E-state index in [1.165, 1.54) is 12.8 Å². The number of nitrogens with one attached hydrogen (secondary N) is 3. The summed E-state index contributed by atoms with van der Waals surface area (Å²) in [4.78, 5) is 23.7. The SMILES string of the molecule is Cc1ccc(C(=O)NCCNC(=O)CCC2CCNCC2)cc1.Cl. The van der Waals surface area contributed by atoms with Gasteiger partial charge in [0, 0.05) is 25.1 Å². The van der Waals surface area contributed by atoms with Crippen LogP contribution in [0.5, 0.6) is 0 Å². The van der Waals surface area contributed by atoms with E-state index in [2.05, 4.69) is 16.0 Å². The molecular formula is C18H28ClN3O2. The Labute approximate surface area is 150 Å². The largest absolute Gasteiger partial charge is 0.354 e. The molecule has 0 radical (unpaired) electrons. The Balaban J connectivity index is 0.00000288. The summed E-state index contributed by atoms with van der Waals surface area (Å²) in [6.07, 6.45) is 3.87. The van der Waals surface area contributed by atoms with Crippen molar-refractivity contribution in [2.75, 3.05) is 26.2 Å². The zero-order valence-electron chi connectivity index (χ0n) is 14.3. The summed E-state index contributed by atoms with van der Waals surface area (Å²) in [5, 5.41) is 9.02. The Morgan fingerprint density at radius 2 is 1.71 bits per heavy atom. The van der Waals surface area contributed by atoms with E-state index in [1.54, 1.807) is 0 Å². The molecule has 5 nitrogen and oxygen atoms in total. The van der Waals surface area contributed by atoms with Crippen molar-refractivity contribution < 1.29 is 9.59 Å². The summed E-state index contributed by atoms with van der Waals surface area (Å²) < 4.78 is 0. The molecule has 0 bridgehead atoms.